The summed E-state index contributed by atoms with van der Waals surface area (Å²) < 4.78 is 16.8. The number of benzene rings is 2. The van der Waals surface area contributed by atoms with Crippen molar-refractivity contribution in [2.75, 3.05) is 27.4 Å². The predicted molar refractivity (Wildman–Crippen MR) is 98.0 cm³/mol. The Balaban J connectivity index is 1.51. The average Bonchev–Trinajstić information content (AvgIpc) is 3.31. The summed E-state index contributed by atoms with van der Waals surface area (Å²) in [6, 6.07) is 9.72. The van der Waals surface area contributed by atoms with Crippen LogP contribution in [0.15, 0.2) is 30.3 Å². The number of nitrogens with zero attached hydrogens (tertiary/aromatic N) is 1. The number of ether oxygens (including phenoxy) is 3. The van der Waals surface area contributed by atoms with Gasteiger partial charge in [0.05, 0.1) is 26.7 Å². The number of carbonyl (C=O) groups excluding carboxylic acids is 1. The highest BCUT2D eigenvalue weighted by Crippen LogP contribution is 2.41. The molecule has 2 aliphatic heterocycles. The van der Waals surface area contributed by atoms with Crippen LogP contribution in [0.25, 0.3) is 0 Å². The highest BCUT2D eigenvalue weighted by molar-refractivity contribution is 5.78. The van der Waals surface area contributed by atoms with Gasteiger partial charge in [0.1, 0.15) is 17.2 Å². The van der Waals surface area contributed by atoms with Crippen LogP contribution in [0.4, 0.5) is 0 Å². The molecule has 0 saturated heterocycles. The molecule has 0 bridgehead atoms. The molecule has 4 rings (SSSR count). The second kappa shape index (κ2) is 6.90. The second-order valence-electron chi connectivity index (χ2n) is 6.79. The molecule has 2 aromatic rings. The molecule has 0 radical (unpaired) electrons. The Morgan fingerprint density at radius 1 is 1.15 bits per heavy atom. The maximum Gasteiger partial charge on any atom is 0.227 e. The number of hydrogen-bond acceptors (Lipinski definition) is 4. The largest absolute Gasteiger partial charge is 0.497 e. The minimum atomic E-state index is 0.0819. The number of carbonyl (C=O) groups is 1. The lowest BCUT2D eigenvalue weighted by molar-refractivity contribution is -0.129. The third kappa shape index (κ3) is 3.09. The summed E-state index contributed by atoms with van der Waals surface area (Å²) in [5.74, 6) is 2.79. The summed E-state index contributed by atoms with van der Waals surface area (Å²) in [5, 5.41) is 0. The fourth-order valence-corrected chi connectivity index (χ4v) is 3.63. The van der Waals surface area contributed by atoms with E-state index in [4.69, 9.17) is 14.2 Å². The van der Waals surface area contributed by atoms with Crippen molar-refractivity contribution in [3.8, 4) is 17.2 Å². The highest BCUT2D eigenvalue weighted by atomic mass is 16.5. The van der Waals surface area contributed by atoms with Crippen molar-refractivity contribution in [1.29, 1.82) is 0 Å². The maximum atomic E-state index is 12.7. The molecule has 0 aliphatic carbocycles. The van der Waals surface area contributed by atoms with Crippen molar-refractivity contribution in [2.24, 2.45) is 0 Å². The zero-order valence-electron chi connectivity index (χ0n) is 15.2. The summed E-state index contributed by atoms with van der Waals surface area (Å²) in [6.07, 6.45) is 2.15. The number of rotatable bonds is 5. The Labute approximate surface area is 153 Å². The van der Waals surface area contributed by atoms with Gasteiger partial charge in [-0.15, -0.1) is 0 Å². The van der Waals surface area contributed by atoms with Gasteiger partial charge >= 0.3 is 0 Å². The molecule has 5 heteroatoms. The number of fused-ring (bicyclic) bond motifs is 2. The van der Waals surface area contributed by atoms with E-state index < -0.39 is 0 Å². The molecule has 0 saturated carbocycles. The van der Waals surface area contributed by atoms with Crippen LogP contribution in [0.5, 0.6) is 17.2 Å². The van der Waals surface area contributed by atoms with E-state index in [1.54, 1.807) is 12.0 Å². The molecule has 0 fully saturated rings. The molecule has 136 valence electrons. The smallest absolute Gasteiger partial charge is 0.227 e. The molecular weight excluding hydrogens is 330 g/mol. The molecule has 0 aromatic heterocycles. The van der Waals surface area contributed by atoms with Gasteiger partial charge in [0.2, 0.25) is 5.91 Å². The number of amides is 1. The summed E-state index contributed by atoms with van der Waals surface area (Å²) in [7, 11) is 3.48. The lowest BCUT2D eigenvalue weighted by Crippen LogP contribution is -2.28. The normalized spacial score (nSPS) is 14.2. The van der Waals surface area contributed by atoms with Crippen LogP contribution >= 0.6 is 0 Å². The summed E-state index contributed by atoms with van der Waals surface area (Å²) in [4.78, 5) is 14.5. The minimum absolute atomic E-state index is 0.0819. The Hall–Kier alpha value is -2.69. The molecule has 1 amide bonds. The quantitative estimate of drug-likeness (QED) is 0.829. The first kappa shape index (κ1) is 16.8. The maximum absolute atomic E-state index is 12.7. The van der Waals surface area contributed by atoms with E-state index in [0.717, 1.165) is 41.2 Å². The molecule has 2 aliphatic rings. The zero-order chi connectivity index (χ0) is 18.1. The van der Waals surface area contributed by atoms with E-state index >= 15 is 0 Å². The van der Waals surface area contributed by atoms with Gasteiger partial charge in [0, 0.05) is 43.1 Å². The predicted octanol–water partition coefficient (Wildman–Crippen LogP) is 2.77. The molecule has 0 atom stereocenters. The monoisotopic (exact) mass is 353 g/mol. The van der Waals surface area contributed by atoms with Crippen molar-refractivity contribution in [1.82, 2.24) is 4.90 Å². The van der Waals surface area contributed by atoms with Gasteiger partial charge in [-0.05, 0) is 23.8 Å². The fraction of sp³-hybridized carbons (Fsp3) is 0.381. The SMILES string of the molecule is COc1ccc(CC(=O)N(C)Cc2c3c(cc4c2OCC4)OCC3)cc1. The fourth-order valence-electron chi connectivity index (χ4n) is 3.63. The van der Waals surface area contributed by atoms with Crippen molar-refractivity contribution < 1.29 is 19.0 Å². The lowest BCUT2D eigenvalue weighted by Gasteiger charge is -2.21. The first-order chi connectivity index (χ1) is 12.7. The Kier molecular flexibility index (Phi) is 4.45. The van der Waals surface area contributed by atoms with Gasteiger partial charge in [0.15, 0.2) is 0 Å². The van der Waals surface area contributed by atoms with Crippen LogP contribution in [-0.4, -0.2) is 38.2 Å². The van der Waals surface area contributed by atoms with Crippen molar-refractivity contribution in [2.45, 2.75) is 25.8 Å². The van der Waals surface area contributed by atoms with Crippen LogP contribution in [0.3, 0.4) is 0 Å². The molecule has 26 heavy (non-hydrogen) atoms. The van der Waals surface area contributed by atoms with Crippen molar-refractivity contribution in [3.63, 3.8) is 0 Å². The van der Waals surface area contributed by atoms with Crippen LogP contribution in [-0.2, 0) is 30.6 Å². The number of hydrogen-bond donors (Lipinski definition) is 0. The zero-order valence-corrected chi connectivity index (χ0v) is 15.2. The van der Waals surface area contributed by atoms with E-state index in [-0.39, 0.29) is 5.91 Å². The first-order valence-electron chi connectivity index (χ1n) is 8.96. The molecule has 5 nitrogen and oxygen atoms in total. The van der Waals surface area contributed by atoms with Crippen LogP contribution in [0, 0.1) is 0 Å². The third-order valence-corrected chi connectivity index (χ3v) is 5.10. The van der Waals surface area contributed by atoms with Crippen molar-refractivity contribution in [3.05, 3.63) is 52.6 Å². The summed E-state index contributed by atoms with van der Waals surface area (Å²) in [5.41, 5.74) is 4.47. The Morgan fingerprint density at radius 2 is 1.92 bits per heavy atom. The van der Waals surface area contributed by atoms with Gasteiger partial charge in [-0.2, -0.15) is 0 Å². The third-order valence-electron chi connectivity index (χ3n) is 5.10. The average molecular weight is 353 g/mol. The number of likely N-dealkylation sites (N-methyl/N-ethyl adjacent to an activating group) is 1. The van der Waals surface area contributed by atoms with Gasteiger partial charge in [-0.3, -0.25) is 4.79 Å². The van der Waals surface area contributed by atoms with E-state index in [9.17, 15) is 4.79 Å². The lowest BCUT2D eigenvalue weighted by atomic mass is 9.99. The van der Waals surface area contributed by atoms with Gasteiger partial charge < -0.3 is 19.1 Å². The summed E-state index contributed by atoms with van der Waals surface area (Å²) in [6.45, 7) is 1.95. The van der Waals surface area contributed by atoms with Crippen LogP contribution < -0.4 is 14.2 Å². The molecular formula is C21H23NO4. The van der Waals surface area contributed by atoms with E-state index in [1.807, 2.05) is 31.3 Å². The van der Waals surface area contributed by atoms with Gasteiger partial charge in [-0.25, -0.2) is 0 Å². The first-order valence-corrected chi connectivity index (χ1v) is 8.96. The van der Waals surface area contributed by atoms with E-state index in [1.165, 1.54) is 11.1 Å². The van der Waals surface area contributed by atoms with Gasteiger partial charge in [0.25, 0.3) is 0 Å². The topological polar surface area (TPSA) is 48.0 Å². The number of methoxy groups -OCH3 is 1. The minimum Gasteiger partial charge on any atom is -0.497 e. The Bertz CT molecular complexity index is 797. The van der Waals surface area contributed by atoms with Crippen LogP contribution in [0.2, 0.25) is 0 Å². The van der Waals surface area contributed by atoms with Crippen LogP contribution in [0.1, 0.15) is 22.3 Å². The van der Waals surface area contributed by atoms with Crippen molar-refractivity contribution >= 4 is 5.91 Å². The standard InChI is InChI=1S/C21H23NO4/c1-22(20(23)11-14-3-5-16(24-2)6-4-14)13-18-17-8-10-25-19(17)12-15-7-9-26-21(15)18/h3-6,12H,7-11,13H2,1-2H3. The van der Waals surface area contributed by atoms with Gasteiger partial charge in [-0.1, -0.05) is 12.1 Å². The van der Waals surface area contributed by atoms with E-state index in [0.29, 0.717) is 26.2 Å². The molecule has 2 heterocycles. The Morgan fingerprint density at radius 3 is 2.69 bits per heavy atom. The highest BCUT2D eigenvalue weighted by Gasteiger charge is 2.27. The second-order valence-corrected chi connectivity index (χ2v) is 6.79. The summed E-state index contributed by atoms with van der Waals surface area (Å²) >= 11 is 0. The molecule has 0 spiro atoms. The molecule has 0 unspecified atom stereocenters. The van der Waals surface area contributed by atoms with E-state index in [2.05, 4.69) is 6.07 Å². The molecule has 2 aromatic carbocycles. The molecule has 0 N–H and O–H groups in total.